The zero-order valence-electron chi connectivity index (χ0n) is 23.6. The summed E-state index contributed by atoms with van der Waals surface area (Å²) in [6.07, 6.45) is 2.44. The first-order chi connectivity index (χ1) is 18.4. The van der Waals surface area contributed by atoms with Crippen LogP contribution in [0.4, 0.5) is 0 Å². The number of sulfone groups is 1. The molecule has 2 N–H and O–H groups in total. The highest BCUT2D eigenvalue weighted by atomic mass is 32.2. The minimum Gasteiger partial charge on any atom is -0.399 e. The van der Waals surface area contributed by atoms with Crippen LogP contribution in [0.1, 0.15) is 59.8 Å². The Hall–Kier alpha value is -1.97. The van der Waals surface area contributed by atoms with E-state index in [-0.39, 0.29) is 58.3 Å². The van der Waals surface area contributed by atoms with Crippen LogP contribution in [0.15, 0.2) is 40.4 Å². The molecule has 0 aromatic heterocycles. The third-order valence-corrected chi connectivity index (χ3v) is 13.7. The number of aliphatic hydroxyl groups excluding tert-OH is 1. The number of rotatable bonds is 3. The second kappa shape index (κ2) is 9.02. The number of carbonyl (C=O) groups excluding carboxylic acids is 1. The van der Waals surface area contributed by atoms with Crippen LogP contribution < -0.4 is 5.32 Å². The van der Waals surface area contributed by atoms with Crippen LogP contribution in [0.25, 0.3) is 0 Å². The molecule has 1 amide bonds. The van der Waals surface area contributed by atoms with E-state index in [9.17, 15) is 18.3 Å². The first-order valence-electron chi connectivity index (χ1n) is 14.4. The molecule has 0 radical (unpaired) electrons. The van der Waals surface area contributed by atoms with Crippen molar-refractivity contribution in [2.75, 3.05) is 13.7 Å². The van der Waals surface area contributed by atoms with Gasteiger partial charge in [-0.05, 0) is 61.5 Å². The fraction of sp³-hybridized carbons (Fsp3) is 0.733. The molecule has 2 saturated heterocycles. The molecule has 2 aliphatic heterocycles. The molecule has 1 spiro atoms. The minimum absolute atomic E-state index is 0.00542. The van der Waals surface area contributed by atoms with Crippen molar-refractivity contribution in [2.24, 2.45) is 45.6 Å². The Labute approximate surface area is 231 Å². The van der Waals surface area contributed by atoms with E-state index in [4.69, 9.17) is 9.57 Å². The molecule has 3 aliphatic carbocycles. The van der Waals surface area contributed by atoms with Gasteiger partial charge < -0.3 is 20.0 Å². The van der Waals surface area contributed by atoms with Crippen LogP contribution in [-0.2, 0) is 24.2 Å². The molecule has 6 rings (SSSR count). The van der Waals surface area contributed by atoms with Gasteiger partial charge in [-0.3, -0.25) is 4.79 Å². The van der Waals surface area contributed by atoms with Gasteiger partial charge in [-0.15, -0.1) is 0 Å². The van der Waals surface area contributed by atoms with Gasteiger partial charge in [-0.25, -0.2) is 8.42 Å². The van der Waals surface area contributed by atoms with Gasteiger partial charge in [0.1, 0.15) is 12.4 Å². The highest BCUT2D eigenvalue weighted by molar-refractivity contribution is 7.92. The molecule has 5 aliphatic rings. The van der Waals surface area contributed by atoms with E-state index in [2.05, 4.69) is 38.2 Å². The summed E-state index contributed by atoms with van der Waals surface area (Å²) in [4.78, 5) is 18.3. The van der Waals surface area contributed by atoms with Crippen molar-refractivity contribution < 1.29 is 27.9 Å². The lowest BCUT2D eigenvalue weighted by Gasteiger charge is -2.70. The van der Waals surface area contributed by atoms with Gasteiger partial charge in [0, 0.05) is 29.7 Å². The fourth-order valence-corrected chi connectivity index (χ4v) is 11.4. The Morgan fingerprint density at radius 2 is 1.82 bits per heavy atom. The van der Waals surface area contributed by atoms with Gasteiger partial charge in [0.05, 0.1) is 28.4 Å². The van der Waals surface area contributed by atoms with Gasteiger partial charge in [0.15, 0.2) is 9.84 Å². The van der Waals surface area contributed by atoms with E-state index in [1.165, 1.54) is 7.11 Å². The number of benzene rings is 1. The summed E-state index contributed by atoms with van der Waals surface area (Å²) in [5, 5.41) is 17.8. The first kappa shape index (κ1) is 27.2. The lowest BCUT2D eigenvalue weighted by Crippen LogP contribution is -2.74. The number of aliphatic hydroxyl groups is 1. The molecule has 5 fully saturated rings. The van der Waals surface area contributed by atoms with E-state index in [1.54, 1.807) is 24.3 Å². The predicted molar refractivity (Wildman–Crippen MR) is 147 cm³/mol. The van der Waals surface area contributed by atoms with Crippen molar-refractivity contribution in [3.8, 4) is 0 Å². The predicted octanol–water partition coefficient (Wildman–Crippen LogP) is 3.58. The molecule has 214 valence electrons. The summed E-state index contributed by atoms with van der Waals surface area (Å²) < 4.78 is 36.1. The number of carbonyl (C=O) groups is 1. The Bertz CT molecular complexity index is 1280. The highest BCUT2D eigenvalue weighted by Crippen LogP contribution is 2.68. The zero-order chi connectivity index (χ0) is 28.0. The number of fused-ring (bicyclic) bond motifs is 3. The molecule has 9 heteroatoms. The number of amides is 1. The third kappa shape index (κ3) is 3.64. The van der Waals surface area contributed by atoms with Gasteiger partial charge >= 0.3 is 0 Å². The van der Waals surface area contributed by atoms with Gasteiger partial charge in [0.2, 0.25) is 5.91 Å². The third-order valence-electron chi connectivity index (χ3n) is 11.7. The summed E-state index contributed by atoms with van der Waals surface area (Å²) in [5.74, 6) is -0.109. The van der Waals surface area contributed by atoms with Gasteiger partial charge in [-0.1, -0.05) is 51.0 Å². The van der Waals surface area contributed by atoms with Crippen molar-refractivity contribution in [2.45, 2.75) is 87.8 Å². The number of nitrogens with zero attached hydrogens (tertiary/aromatic N) is 1. The molecule has 39 heavy (non-hydrogen) atoms. The Morgan fingerprint density at radius 1 is 1.10 bits per heavy atom. The van der Waals surface area contributed by atoms with E-state index >= 15 is 0 Å². The lowest BCUT2D eigenvalue weighted by atomic mass is 9.42. The number of hydrogen-bond donors (Lipinski definition) is 2. The molecule has 10 unspecified atom stereocenters. The number of ether oxygens (including phenoxy) is 1. The van der Waals surface area contributed by atoms with Crippen LogP contribution in [0, 0.1) is 40.4 Å². The van der Waals surface area contributed by atoms with E-state index in [0.29, 0.717) is 18.7 Å². The van der Waals surface area contributed by atoms with E-state index in [1.807, 2.05) is 6.07 Å². The molecule has 8 nitrogen and oxygen atoms in total. The summed E-state index contributed by atoms with van der Waals surface area (Å²) in [7, 11) is -2.35. The fourth-order valence-electron chi connectivity index (χ4n) is 9.46. The van der Waals surface area contributed by atoms with Crippen LogP contribution in [0.5, 0.6) is 0 Å². The van der Waals surface area contributed by atoms with Crippen LogP contribution in [0.3, 0.4) is 0 Å². The molecule has 3 saturated carbocycles. The molecule has 0 bridgehead atoms. The van der Waals surface area contributed by atoms with E-state index in [0.717, 1.165) is 19.3 Å². The summed E-state index contributed by atoms with van der Waals surface area (Å²) in [6.45, 7) is 9.24. The highest BCUT2D eigenvalue weighted by Gasteiger charge is 2.72. The molecule has 2 heterocycles. The topological polar surface area (TPSA) is 114 Å². The molecule has 1 aromatic carbocycles. The average Bonchev–Trinajstić information content (AvgIpc) is 3.26. The van der Waals surface area contributed by atoms with Crippen LogP contribution >= 0.6 is 0 Å². The normalized spacial score (nSPS) is 45.9. The van der Waals surface area contributed by atoms with Crippen molar-refractivity contribution in [1.29, 1.82) is 0 Å². The van der Waals surface area contributed by atoms with Gasteiger partial charge in [-0.2, -0.15) is 0 Å². The average molecular weight is 559 g/mol. The van der Waals surface area contributed by atoms with Crippen molar-refractivity contribution in [3.63, 3.8) is 0 Å². The smallest absolute Gasteiger partial charge is 0.223 e. The largest absolute Gasteiger partial charge is 0.399 e. The summed E-state index contributed by atoms with van der Waals surface area (Å²) >= 11 is 0. The minimum atomic E-state index is -3.83. The number of nitrogens with one attached hydrogen (secondary N) is 1. The second-order valence-corrected chi connectivity index (χ2v) is 15.7. The van der Waals surface area contributed by atoms with Gasteiger partial charge in [0.25, 0.3) is 0 Å². The molecule has 1 aromatic rings. The first-order valence-corrected chi connectivity index (χ1v) is 16.0. The molecular weight excluding hydrogens is 516 g/mol. The van der Waals surface area contributed by atoms with Crippen molar-refractivity contribution in [3.05, 3.63) is 30.3 Å². The number of oxime groups is 1. The summed E-state index contributed by atoms with van der Waals surface area (Å²) in [5.41, 5.74) is -1.19. The second-order valence-electron chi connectivity index (χ2n) is 13.5. The van der Waals surface area contributed by atoms with E-state index < -0.39 is 32.2 Å². The SMILES string of the molecule is CON=C1C(S(=O)(=O)c2ccccc2)CC23OC4C(CC2(C)C(C)CCC3C1(C)C)C(O)CC1C(=O)NCC14. The van der Waals surface area contributed by atoms with Crippen molar-refractivity contribution >= 4 is 21.5 Å². The van der Waals surface area contributed by atoms with Crippen LogP contribution in [-0.4, -0.2) is 61.9 Å². The Morgan fingerprint density at radius 3 is 2.51 bits per heavy atom. The lowest BCUT2D eigenvalue weighted by molar-refractivity contribution is -0.318. The standard InChI is InChI=1S/C30H42N2O6S/c1-17-11-12-24-28(2,3)26(32-37-5)23(39(35,36)18-9-7-6-8-10-18)15-30(24)29(17,4)14-20-22(33)13-19-21(25(20)38-30)16-31-27(19)34/h6-10,17,19-25,33H,11-16H2,1-5H3,(H,31,34). The number of hydrogen-bond acceptors (Lipinski definition) is 7. The quantitative estimate of drug-likeness (QED) is 0.548. The monoisotopic (exact) mass is 558 g/mol. The van der Waals surface area contributed by atoms with Crippen molar-refractivity contribution in [1.82, 2.24) is 5.32 Å². The maximum atomic E-state index is 14.4. The molecule has 10 atom stereocenters. The van der Waals surface area contributed by atoms with Crippen LogP contribution in [0.2, 0.25) is 0 Å². The molecular formula is C30H42N2O6S. The maximum absolute atomic E-state index is 14.4. The maximum Gasteiger partial charge on any atom is 0.223 e. The zero-order valence-corrected chi connectivity index (χ0v) is 24.4. The summed E-state index contributed by atoms with van der Waals surface area (Å²) in [6, 6.07) is 8.60. The Kier molecular flexibility index (Phi) is 6.29. The Balaban J connectivity index is 1.53.